The Kier molecular flexibility index (Phi) is 3.54. The van der Waals surface area contributed by atoms with Crippen LogP contribution in [0.2, 0.25) is 0 Å². The molecule has 1 saturated carbocycles. The summed E-state index contributed by atoms with van der Waals surface area (Å²) in [6, 6.07) is 0.905. The molecule has 0 spiro atoms. The summed E-state index contributed by atoms with van der Waals surface area (Å²) in [5, 5.41) is 18.5. The van der Waals surface area contributed by atoms with Crippen molar-refractivity contribution in [2.75, 3.05) is 13.2 Å². The Morgan fingerprint density at radius 1 is 1.33 bits per heavy atom. The lowest BCUT2D eigenvalue weighted by Gasteiger charge is -2.21. The second-order valence-corrected chi connectivity index (χ2v) is 7.49. The fourth-order valence-electron chi connectivity index (χ4n) is 2.86. The van der Waals surface area contributed by atoms with Crippen LogP contribution in [0.1, 0.15) is 42.2 Å². The summed E-state index contributed by atoms with van der Waals surface area (Å²) < 4.78 is 28.1. The normalized spacial score (nSPS) is 23.6. The molecule has 7 nitrogen and oxygen atoms in total. The van der Waals surface area contributed by atoms with Crippen molar-refractivity contribution in [3.63, 3.8) is 0 Å². The van der Waals surface area contributed by atoms with Gasteiger partial charge in [0.2, 0.25) is 10.0 Å². The zero-order valence-corrected chi connectivity index (χ0v) is 12.3. The number of nitrogens with zero attached hydrogens (tertiary/aromatic N) is 2. The van der Waals surface area contributed by atoms with Crippen LogP contribution in [0.5, 0.6) is 0 Å². The zero-order chi connectivity index (χ0) is 15.2. The standard InChI is InChI=1S/C13H18N2O5S/c16-8-10-2-1-5-15(10)21(19,20)11-6-12(13(17)18)14(7-11)9-3-4-9/h6-7,9-10,16H,1-5,8H2,(H,17,18)/t10-/m0/s1. The second-order valence-electron chi connectivity index (χ2n) is 5.60. The molecule has 1 aromatic heterocycles. The number of rotatable bonds is 5. The number of carbonyl (C=O) groups is 1. The van der Waals surface area contributed by atoms with E-state index in [1.807, 2.05) is 0 Å². The van der Waals surface area contributed by atoms with E-state index in [2.05, 4.69) is 0 Å². The van der Waals surface area contributed by atoms with Gasteiger partial charge in [0.25, 0.3) is 0 Å². The molecule has 1 atom stereocenters. The molecule has 21 heavy (non-hydrogen) atoms. The molecule has 1 saturated heterocycles. The SMILES string of the molecule is O=C(O)c1cc(S(=O)(=O)N2CCC[C@H]2CO)cn1C1CC1. The third kappa shape index (κ3) is 2.47. The molecule has 0 radical (unpaired) electrons. The Labute approximate surface area is 122 Å². The van der Waals surface area contributed by atoms with Gasteiger partial charge in [-0.2, -0.15) is 4.31 Å². The van der Waals surface area contributed by atoms with Gasteiger partial charge in [-0.3, -0.25) is 0 Å². The van der Waals surface area contributed by atoms with Crippen molar-refractivity contribution < 1.29 is 23.4 Å². The second kappa shape index (κ2) is 5.11. The number of aromatic nitrogens is 1. The van der Waals surface area contributed by atoms with Gasteiger partial charge in [-0.15, -0.1) is 0 Å². The largest absolute Gasteiger partial charge is 0.477 e. The van der Waals surface area contributed by atoms with E-state index in [1.54, 1.807) is 4.57 Å². The van der Waals surface area contributed by atoms with Crippen molar-refractivity contribution in [3.8, 4) is 0 Å². The average Bonchev–Trinajstić information content (AvgIpc) is 3.01. The number of aliphatic hydroxyl groups is 1. The lowest BCUT2D eigenvalue weighted by atomic mass is 10.2. The van der Waals surface area contributed by atoms with Crippen LogP contribution in [0.3, 0.4) is 0 Å². The van der Waals surface area contributed by atoms with Gasteiger partial charge >= 0.3 is 5.97 Å². The third-order valence-electron chi connectivity index (χ3n) is 4.12. The molecule has 2 fully saturated rings. The summed E-state index contributed by atoms with van der Waals surface area (Å²) in [7, 11) is -3.75. The molecule has 1 aliphatic carbocycles. The summed E-state index contributed by atoms with van der Waals surface area (Å²) in [5.41, 5.74) is 0.0100. The van der Waals surface area contributed by atoms with Crippen molar-refractivity contribution in [1.29, 1.82) is 0 Å². The molecule has 1 aromatic rings. The Balaban J connectivity index is 1.99. The molecule has 2 heterocycles. The molecule has 1 aliphatic heterocycles. The van der Waals surface area contributed by atoms with Crippen molar-refractivity contribution >= 4 is 16.0 Å². The molecule has 0 bridgehead atoms. The predicted octanol–water partition coefficient (Wildman–Crippen LogP) is 0.667. The van der Waals surface area contributed by atoms with Gasteiger partial charge < -0.3 is 14.8 Å². The Morgan fingerprint density at radius 3 is 2.62 bits per heavy atom. The molecule has 116 valence electrons. The molecule has 3 rings (SSSR count). The first-order chi connectivity index (χ1) is 9.95. The minimum Gasteiger partial charge on any atom is -0.477 e. The minimum atomic E-state index is -3.75. The van der Waals surface area contributed by atoms with E-state index in [9.17, 15) is 23.4 Å². The van der Waals surface area contributed by atoms with Crippen LogP contribution in [-0.2, 0) is 10.0 Å². The highest BCUT2D eigenvalue weighted by Crippen LogP contribution is 2.38. The number of carboxylic acids is 1. The van der Waals surface area contributed by atoms with E-state index in [-0.39, 0.29) is 23.2 Å². The first-order valence-corrected chi connectivity index (χ1v) is 8.47. The van der Waals surface area contributed by atoms with E-state index in [1.165, 1.54) is 16.6 Å². The van der Waals surface area contributed by atoms with Gasteiger partial charge in [0, 0.05) is 24.8 Å². The van der Waals surface area contributed by atoms with Crippen molar-refractivity contribution in [1.82, 2.24) is 8.87 Å². The maximum Gasteiger partial charge on any atom is 0.352 e. The van der Waals surface area contributed by atoms with Crippen LogP contribution in [0.15, 0.2) is 17.2 Å². The Bertz CT molecular complexity index is 662. The molecular formula is C13H18N2O5S. The fourth-order valence-corrected chi connectivity index (χ4v) is 4.58. The average molecular weight is 314 g/mol. The smallest absolute Gasteiger partial charge is 0.352 e. The van der Waals surface area contributed by atoms with Crippen LogP contribution < -0.4 is 0 Å². The lowest BCUT2D eigenvalue weighted by Crippen LogP contribution is -2.37. The quantitative estimate of drug-likeness (QED) is 0.832. The molecule has 2 N–H and O–H groups in total. The van der Waals surface area contributed by atoms with Crippen LogP contribution in [0.4, 0.5) is 0 Å². The Hall–Kier alpha value is -1.38. The van der Waals surface area contributed by atoms with Crippen molar-refractivity contribution in [3.05, 3.63) is 18.0 Å². The third-order valence-corrected chi connectivity index (χ3v) is 6.04. The van der Waals surface area contributed by atoms with Crippen LogP contribution >= 0.6 is 0 Å². The molecular weight excluding hydrogens is 296 g/mol. The maximum absolute atomic E-state index is 12.6. The van der Waals surface area contributed by atoms with Crippen molar-refractivity contribution in [2.24, 2.45) is 0 Å². The van der Waals surface area contributed by atoms with Crippen LogP contribution in [0, 0.1) is 0 Å². The Morgan fingerprint density at radius 2 is 2.05 bits per heavy atom. The first-order valence-electron chi connectivity index (χ1n) is 7.03. The molecule has 0 amide bonds. The maximum atomic E-state index is 12.6. The van der Waals surface area contributed by atoms with E-state index in [0.29, 0.717) is 19.4 Å². The number of hydrogen-bond donors (Lipinski definition) is 2. The zero-order valence-electron chi connectivity index (χ0n) is 11.5. The number of aromatic carboxylic acids is 1. The van der Waals surface area contributed by atoms with Gasteiger partial charge in [-0.05, 0) is 31.7 Å². The number of carboxylic acid groups (broad SMARTS) is 1. The van der Waals surface area contributed by atoms with E-state index >= 15 is 0 Å². The highest BCUT2D eigenvalue weighted by atomic mass is 32.2. The summed E-state index contributed by atoms with van der Waals surface area (Å²) >= 11 is 0. The summed E-state index contributed by atoms with van der Waals surface area (Å²) in [5.74, 6) is -1.12. The van der Waals surface area contributed by atoms with E-state index in [0.717, 1.165) is 12.8 Å². The summed E-state index contributed by atoms with van der Waals surface area (Å²) in [6.45, 7) is 0.152. The van der Waals surface area contributed by atoms with Gasteiger partial charge in [0.15, 0.2) is 0 Å². The molecule has 0 unspecified atom stereocenters. The van der Waals surface area contributed by atoms with Gasteiger partial charge in [0.05, 0.1) is 6.61 Å². The van der Waals surface area contributed by atoms with Crippen LogP contribution in [0.25, 0.3) is 0 Å². The van der Waals surface area contributed by atoms with E-state index in [4.69, 9.17) is 0 Å². The highest BCUT2D eigenvalue weighted by molar-refractivity contribution is 7.89. The molecule has 0 aromatic carbocycles. The molecule has 8 heteroatoms. The molecule has 2 aliphatic rings. The minimum absolute atomic E-state index is 0.00662. The van der Waals surface area contributed by atoms with Gasteiger partial charge in [-0.1, -0.05) is 0 Å². The monoisotopic (exact) mass is 314 g/mol. The fraction of sp³-hybridized carbons (Fsp3) is 0.615. The lowest BCUT2D eigenvalue weighted by molar-refractivity contribution is 0.0685. The van der Waals surface area contributed by atoms with Gasteiger partial charge in [0.1, 0.15) is 10.6 Å². The number of hydrogen-bond acceptors (Lipinski definition) is 4. The summed E-state index contributed by atoms with van der Waals surface area (Å²) in [6.07, 6.45) is 4.50. The van der Waals surface area contributed by atoms with Gasteiger partial charge in [-0.25, -0.2) is 13.2 Å². The number of aliphatic hydroxyl groups excluding tert-OH is 1. The topological polar surface area (TPSA) is 99.8 Å². The highest BCUT2D eigenvalue weighted by Gasteiger charge is 2.37. The summed E-state index contributed by atoms with van der Waals surface area (Å²) in [4.78, 5) is 11.3. The van der Waals surface area contributed by atoms with E-state index < -0.39 is 22.0 Å². The number of sulfonamides is 1. The first kappa shape index (κ1) is 14.6. The van der Waals surface area contributed by atoms with Crippen LogP contribution in [-0.4, -0.2) is 52.7 Å². The predicted molar refractivity (Wildman–Crippen MR) is 73.7 cm³/mol. The van der Waals surface area contributed by atoms with Crippen molar-refractivity contribution in [2.45, 2.75) is 42.7 Å².